The van der Waals surface area contributed by atoms with Gasteiger partial charge in [0.05, 0.1) is 0 Å². The Hall–Kier alpha value is -2.01. The van der Waals surface area contributed by atoms with Gasteiger partial charge < -0.3 is 9.47 Å². The molecule has 0 amide bonds. The minimum Gasteiger partial charge on any atom is -0.486 e. The zero-order chi connectivity index (χ0) is 17.0. The van der Waals surface area contributed by atoms with Crippen molar-refractivity contribution in [1.82, 2.24) is 0 Å². The summed E-state index contributed by atoms with van der Waals surface area (Å²) in [6.07, 6.45) is 0.283. The summed E-state index contributed by atoms with van der Waals surface area (Å²) in [5.74, 6) is -0.198. The largest absolute Gasteiger partial charge is 0.486 e. The number of hydrogen-bond donors (Lipinski definition) is 1. The van der Waals surface area contributed by atoms with Crippen LogP contribution in [0.3, 0.4) is 0 Å². The third kappa shape index (κ3) is 4.26. The number of ether oxygens (including phenoxy) is 2. The number of thiol groups is 1. The van der Waals surface area contributed by atoms with Gasteiger partial charge in [-0.05, 0) is 43.2 Å². The lowest BCUT2D eigenvalue weighted by Gasteiger charge is -2.14. The van der Waals surface area contributed by atoms with Crippen LogP contribution in [0.2, 0.25) is 0 Å². The van der Waals surface area contributed by atoms with Gasteiger partial charge in [0.2, 0.25) is 0 Å². The third-order valence-electron chi connectivity index (χ3n) is 3.50. The molecule has 0 N–H and O–H groups in total. The number of esters is 1. The summed E-state index contributed by atoms with van der Waals surface area (Å²) < 4.78 is 24.8. The molecule has 3 nitrogen and oxygen atoms in total. The Bertz CT molecular complexity index is 728. The Morgan fingerprint density at radius 3 is 2.61 bits per heavy atom. The van der Waals surface area contributed by atoms with Crippen molar-refractivity contribution in [2.45, 2.75) is 38.7 Å². The van der Waals surface area contributed by atoms with Crippen molar-refractivity contribution in [2.75, 3.05) is 0 Å². The molecule has 5 heteroatoms. The molecule has 0 unspecified atom stereocenters. The van der Waals surface area contributed by atoms with Crippen molar-refractivity contribution in [2.24, 2.45) is 0 Å². The van der Waals surface area contributed by atoms with E-state index in [-0.39, 0.29) is 24.7 Å². The van der Waals surface area contributed by atoms with E-state index < -0.39 is 5.82 Å². The molecule has 0 aliphatic rings. The Balaban J connectivity index is 2.23. The lowest BCUT2D eigenvalue weighted by molar-refractivity contribution is -0.134. The van der Waals surface area contributed by atoms with Gasteiger partial charge in [0, 0.05) is 16.9 Å². The van der Waals surface area contributed by atoms with Crippen molar-refractivity contribution >= 4 is 18.6 Å². The second-order valence-corrected chi connectivity index (χ2v) is 5.72. The van der Waals surface area contributed by atoms with Gasteiger partial charge in [0.25, 0.3) is 0 Å². The number of rotatable bonds is 5. The maximum absolute atomic E-state index is 13.9. The predicted octanol–water partition coefficient (Wildman–Crippen LogP) is 4.63. The van der Waals surface area contributed by atoms with Gasteiger partial charge in [-0.1, -0.05) is 19.1 Å². The van der Waals surface area contributed by atoms with Crippen LogP contribution in [0.25, 0.3) is 0 Å². The Morgan fingerprint density at radius 1 is 1.17 bits per heavy atom. The minimum absolute atomic E-state index is 0.112. The number of benzene rings is 2. The maximum Gasteiger partial charge on any atom is 0.310 e. The van der Waals surface area contributed by atoms with E-state index in [4.69, 9.17) is 9.47 Å². The first kappa shape index (κ1) is 17.3. The summed E-state index contributed by atoms with van der Waals surface area (Å²) in [6.45, 7) is 5.56. The minimum atomic E-state index is -0.471. The molecular weight excluding hydrogens is 315 g/mol. The number of carbonyl (C=O) groups excluding carboxylic acids is 1. The summed E-state index contributed by atoms with van der Waals surface area (Å²) in [5.41, 5.74) is 2.46. The van der Waals surface area contributed by atoms with Gasteiger partial charge in [0.15, 0.2) is 11.6 Å². The monoisotopic (exact) mass is 334 g/mol. The molecule has 0 bridgehead atoms. The highest BCUT2D eigenvalue weighted by Gasteiger charge is 2.13. The van der Waals surface area contributed by atoms with E-state index in [0.29, 0.717) is 10.6 Å². The topological polar surface area (TPSA) is 35.5 Å². The van der Waals surface area contributed by atoms with Crippen molar-refractivity contribution < 1.29 is 18.7 Å². The van der Waals surface area contributed by atoms with Crippen LogP contribution in [0.5, 0.6) is 11.5 Å². The van der Waals surface area contributed by atoms with E-state index in [0.717, 1.165) is 16.7 Å². The molecule has 122 valence electrons. The summed E-state index contributed by atoms with van der Waals surface area (Å²) in [5, 5.41) is 0. The maximum atomic E-state index is 13.9. The second-order valence-electron chi connectivity index (χ2n) is 5.24. The van der Waals surface area contributed by atoms with E-state index in [1.54, 1.807) is 25.1 Å². The van der Waals surface area contributed by atoms with Gasteiger partial charge in [0.1, 0.15) is 12.4 Å². The van der Waals surface area contributed by atoms with Crippen LogP contribution in [-0.2, 0) is 11.4 Å². The van der Waals surface area contributed by atoms with Gasteiger partial charge in [-0.3, -0.25) is 4.79 Å². The summed E-state index contributed by atoms with van der Waals surface area (Å²) in [7, 11) is 0. The van der Waals surface area contributed by atoms with E-state index >= 15 is 0 Å². The van der Waals surface area contributed by atoms with Gasteiger partial charge >= 0.3 is 5.97 Å². The molecule has 0 saturated carbocycles. The lowest BCUT2D eigenvalue weighted by Crippen LogP contribution is -2.09. The van der Waals surface area contributed by atoms with Crippen molar-refractivity contribution in [3.63, 3.8) is 0 Å². The molecule has 0 spiro atoms. The van der Waals surface area contributed by atoms with E-state index in [1.807, 2.05) is 19.9 Å². The molecule has 2 aromatic rings. The zero-order valence-electron chi connectivity index (χ0n) is 13.4. The van der Waals surface area contributed by atoms with Crippen LogP contribution in [0.1, 0.15) is 30.0 Å². The van der Waals surface area contributed by atoms with Crippen LogP contribution in [-0.4, -0.2) is 5.97 Å². The van der Waals surface area contributed by atoms with Gasteiger partial charge in [-0.15, -0.1) is 12.6 Å². The fourth-order valence-corrected chi connectivity index (χ4v) is 2.23. The first-order valence-corrected chi connectivity index (χ1v) is 7.78. The summed E-state index contributed by atoms with van der Waals surface area (Å²) >= 11 is 4.18. The first-order chi connectivity index (χ1) is 10.9. The standard InChI is InChI=1S/C18H19FO3S/c1-4-18(20)22-15-7-5-6-11(2)13(15)10-21-16-8-12(3)17(23)9-14(16)19/h5-9,23H,4,10H2,1-3H3. The van der Waals surface area contributed by atoms with Crippen molar-refractivity contribution in [3.05, 3.63) is 52.8 Å². The highest BCUT2D eigenvalue weighted by Crippen LogP contribution is 2.28. The molecule has 0 fully saturated rings. The summed E-state index contributed by atoms with van der Waals surface area (Å²) in [4.78, 5) is 12.1. The van der Waals surface area contributed by atoms with E-state index in [9.17, 15) is 9.18 Å². The Morgan fingerprint density at radius 2 is 1.91 bits per heavy atom. The molecule has 2 aromatic carbocycles. The highest BCUT2D eigenvalue weighted by atomic mass is 32.1. The molecule has 0 aliphatic carbocycles. The molecule has 0 aromatic heterocycles. The molecule has 0 atom stereocenters. The number of carbonyl (C=O) groups is 1. The van der Waals surface area contributed by atoms with Crippen LogP contribution in [0.15, 0.2) is 35.2 Å². The Kier molecular flexibility index (Phi) is 5.66. The molecule has 0 heterocycles. The van der Waals surface area contributed by atoms with Crippen LogP contribution < -0.4 is 9.47 Å². The van der Waals surface area contributed by atoms with E-state index in [2.05, 4.69) is 12.6 Å². The average Bonchev–Trinajstić information content (AvgIpc) is 2.51. The normalized spacial score (nSPS) is 10.5. The fourth-order valence-electron chi connectivity index (χ4n) is 2.06. The predicted molar refractivity (Wildman–Crippen MR) is 89.8 cm³/mol. The summed E-state index contributed by atoms with van der Waals surface area (Å²) in [6, 6.07) is 8.33. The number of aryl methyl sites for hydroxylation is 2. The van der Waals surface area contributed by atoms with Gasteiger partial charge in [-0.2, -0.15) is 0 Å². The van der Waals surface area contributed by atoms with Crippen LogP contribution in [0.4, 0.5) is 4.39 Å². The zero-order valence-corrected chi connectivity index (χ0v) is 14.2. The first-order valence-electron chi connectivity index (χ1n) is 7.33. The van der Waals surface area contributed by atoms with E-state index in [1.165, 1.54) is 6.07 Å². The molecular formula is C18H19FO3S. The molecule has 0 aliphatic heterocycles. The molecule has 0 saturated heterocycles. The number of hydrogen-bond acceptors (Lipinski definition) is 4. The van der Waals surface area contributed by atoms with Crippen molar-refractivity contribution in [3.8, 4) is 11.5 Å². The fraction of sp³-hybridized carbons (Fsp3) is 0.278. The lowest BCUT2D eigenvalue weighted by atomic mass is 10.1. The van der Waals surface area contributed by atoms with Crippen LogP contribution in [0, 0.1) is 19.7 Å². The van der Waals surface area contributed by atoms with Crippen molar-refractivity contribution in [1.29, 1.82) is 0 Å². The van der Waals surface area contributed by atoms with Gasteiger partial charge in [-0.25, -0.2) is 4.39 Å². The Labute approximate surface area is 140 Å². The molecule has 2 rings (SSSR count). The smallest absolute Gasteiger partial charge is 0.310 e. The third-order valence-corrected chi connectivity index (χ3v) is 3.98. The SMILES string of the molecule is CCC(=O)Oc1cccc(C)c1COc1cc(C)c(S)cc1F. The highest BCUT2D eigenvalue weighted by molar-refractivity contribution is 7.80. The molecule has 23 heavy (non-hydrogen) atoms. The molecule has 0 radical (unpaired) electrons. The number of halogens is 1. The van der Waals surface area contributed by atoms with Crippen LogP contribution >= 0.6 is 12.6 Å². The second kappa shape index (κ2) is 7.51. The quantitative estimate of drug-likeness (QED) is 0.492. The average molecular weight is 334 g/mol.